The van der Waals surface area contributed by atoms with Gasteiger partial charge in [0.25, 0.3) is 0 Å². The lowest BCUT2D eigenvalue weighted by molar-refractivity contribution is 1.22. The second-order valence-corrected chi connectivity index (χ2v) is 3.27. The van der Waals surface area contributed by atoms with Crippen LogP contribution in [-0.4, -0.2) is 13.1 Å². The van der Waals surface area contributed by atoms with Crippen molar-refractivity contribution >= 4 is 17.3 Å². The number of nitrogens with two attached hydrogens (primary N) is 1. The van der Waals surface area contributed by atoms with Crippen LogP contribution in [0.25, 0.3) is 0 Å². The molecule has 0 unspecified atom stereocenters. The Bertz CT molecular complexity index is 393. The van der Waals surface area contributed by atoms with Gasteiger partial charge in [0.1, 0.15) is 6.07 Å². The zero-order chi connectivity index (χ0) is 11.1. The quantitative estimate of drug-likeness (QED) is 0.766. The molecule has 0 amide bonds. The highest BCUT2D eigenvalue weighted by molar-refractivity contribution is 6.32. The van der Waals surface area contributed by atoms with E-state index in [-0.39, 0.29) is 0 Å². The number of hydrogen-bond acceptors (Lipinski definition) is 3. The van der Waals surface area contributed by atoms with Crippen LogP contribution in [0.3, 0.4) is 0 Å². The van der Waals surface area contributed by atoms with E-state index in [1.807, 2.05) is 18.2 Å². The molecule has 1 aromatic rings. The van der Waals surface area contributed by atoms with Crippen molar-refractivity contribution in [2.45, 2.75) is 0 Å². The molecule has 0 heterocycles. The van der Waals surface area contributed by atoms with Gasteiger partial charge in [-0.15, -0.1) is 0 Å². The SMILES string of the molecule is N#Cc1c(Cl)cccc1NC/C=C/CN. The van der Waals surface area contributed by atoms with Gasteiger partial charge in [-0.3, -0.25) is 0 Å². The fourth-order valence-corrected chi connectivity index (χ4v) is 1.35. The summed E-state index contributed by atoms with van der Waals surface area (Å²) in [5.74, 6) is 0. The number of halogens is 1. The topological polar surface area (TPSA) is 61.8 Å². The summed E-state index contributed by atoms with van der Waals surface area (Å²) in [5, 5.41) is 12.4. The van der Waals surface area contributed by atoms with Gasteiger partial charge in [-0.1, -0.05) is 29.8 Å². The first-order valence-electron chi connectivity index (χ1n) is 4.57. The minimum absolute atomic E-state index is 0.463. The van der Waals surface area contributed by atoms with Gasteiger partial charge in [0.2, 0.25) is 0 Å². The van der Waals surface area contributed by atoms with Gasteiger partial charge in [0.15, 0.2) is 0 Å². The van der Waals surface area contributed by atoms with Crippen LogP contribution in [0.4, 0.5) is 5.69 Å². The van der Waals surface area contributed by atoms with E-state index in [9.17, 15) is 0 Å². The summed E-state index contributed by atoms with van der Waals surface area (Å²) in [4.78, 5) is 0. The predicted octanol–water partition coefficient (Wildman–Crippen LogP) is 2.14. The molecule has 78 valence electrons. The Hall–Kier alpha value is -1.50. The van der Waals surface area contributed by atoms with Crippen molar-refractivity contribution in [1.29, 1.82) is 5.26 Å². The fourth-order valence-electron chi connectivity index (χ4n) is 1.13. The van der Waals surface area contributed by atoms with E-state index in [0.29, 0.717) is 23.7 Å². The molecule has 1 rings (SSSR count). The lowest BCUT2D eigenvalue weighted by Crippen LogP contribution is -2.02. The normalized spacial score (nSPS) is 10.2. The Morgan fingerprint density at radius 2 is 2.27 bits per heavy atom. The van der Waals surface area contributed by atoms with Crippen molar-refractivity contribution < 1.29 is 0 Å². The van der Waals surface area contributed by atoms with Gasteiger partial charge in [-0.05, 0) is 12.1 Å². The summed E-state index contributed by atoms with van der Waals surface area (Å²) in [5.41, 5.74) is 6.51. The van der Waals surface area contributed by atoms with E-state index < -0.39 is 0 Å². The standard InChI is InChI=1S/C11H12ClN3/c12-10-4-3-5-11(9(10)8-14)15-7-2-1-6-13/h1-5,15H,6-7,13H2/b2-1+. The third-order valence-electron chi connectivity index (χ3n) is 1.84. The second kappa shape index (κ2) is 6.07. The van der Waals surface area contributed by atoms with Crippen LogP contribution in [0.2, 0.25) is 5.02 Å². The van der Waals surface area contributed by atoms with E-state index in [2.05, 4.69) is 11.4 Å². The Morgan fingerprint density at radius 3 is 2.93 bits per heavy atom. The van der Waals surface area contributed by atoms with Crippen LogP contribution < -0.4 is 11.1 Å². The minimum Gasteiger partial charge on any atom is -0.380 e. The fraction of sp³-hybridized carbons (Fsp3) is 0.182. The van der Waals surface area contributed by atoms with E-state index in [0.717, 1.165) is 5.69 Å². The number of nitriles is 1. The van der Waals surface area contributed by atoms with E-state index in [4.69, 9.17) is 22.6 Å². The zero-order valence-electron chi connectivity index (χ0n) is 8.20. The second-order valence-electron chi connectivity index (χ2n) is 2.86. The highest BCUT2D eigenvalue weighted by Gasteiger charge is 2.04. The Kier molecular flexibility index (Phi) is 4.69. The minimum atomic E-state index is 0.463. The smallest absolute Gasteiger partial charge is 0.103 e. The van der Waals surface area contributed by atoms with Crippen molar-refractivity contribution in [3.63, 3.8) is 0 Å². The van der Waals surface area contributed by atoms with Crippen molar-refractivity contribution in [2.75, 3.05) is 18.4 Å². The molecular formula is C11H12ClN3. The predicted molar refractivity (Wildman–Crippen MR) is 62.9 cm³/mol. The van der Waals surface area contributed by atoms with Gasteiger partial charge in [0.05, 0.1) is 16.3 Å². The summed E-state index contributed by atoms with van der Waals surface area (Å²) in [6.07, 6.45) is 3.76. The molecule has 0 aliphatic heterocycles. The Labute approximate surface area is 94.2 Å². The van der Waals surface area contributed by atoms with Crippen LogP contribution in [-0.2, 0) is 0 Å². The molecule has 0 atom stereocenters. The number of hydrogen-bond donors (Lipinski definition) is 2. The van der Waals surface area contributed by atoms with Gasteiger partial charge in [-0.2, -0.15) is 5.26 Å². The van der Waals surface area contributed by atoms with Crippen molar-refractivity contribution in [2.24, 2.45) is 5.73 Å². The number of anilines is 1. The maximum Gasteiger partial charge on any atom is 0.103 e. The Morgan fingerprint density at radius 1 is 1.47 bits per heavy atom. The summed E-state index contributed by atoms with van der Waals surface area (Å²) in [6, 6.07) is 7.38. The van der Waals surface area contributed by atoms with Crippen LogP contribution in [0.5, 0.6) is 0 Å². The highest BCUT2D eigenvalue weighted by atomic mass is 35.5. The maximum atomic E-state index is 8.89. The summed E-state index contributed by atoms with van der Waals surface area (Å²) >= 11 is 5.87. The maximum absolute atomic E-state index is 8.89. The molecule has 1 aromatic carbocycles. The molecule has 0 aromatic heterocycles. The first-order valence-corrected chi connectivity index (χ1v) is 4.95. The molecule has 0 fully saturated rings. The average molecular weight is 222 g/mol. The van der Waals surface area contributed by atoms with E-state index in [1.165, 1.54) is 0 Å². The Balaban J connectivity index is 2.73. The van der Waals surface area contributed by atoms with Gasteiger partial charge in [0, 0.05) is 13.1 Å². The van der Waals surface area contributed by atoms with Crippen LogP contribution >= 0.6 is 11.6 Å². The molecule has 0 spiro atoms. The lowest BCUT2D eigenvalue weighted by atomic mass is 10.2. The van der Waals surface area contributed by atoms with Crippen molar-refractivity contribution in [3.05, 3.63) is 40.9 Å². The molecule has 3 nitrogen and oxygen atoms in total. The molecule has 0 saturated carbocycles. The molecule has 0 bridgehead atoms. The molecule has 4 heteroatoms. The first kappa shape index (κ1) is 11.6. The van der Waals surface area contributed by atoms with Gasteiger partial charge >= 0.3 is 0 Å². The molecule has 15 heavy (non-hydrogen) atoms. The molecule has 0 aliphatic rings. The number of nitrogens with zero attached hydrogens (tertiary/aromatic N) is 1. The van der Waals surface area contributed by atoms with Crippen LogP contribution in [0, 0.1) is 11.3 Å². The summed E-state index contributed by atoms with van der Waals surface area (Å²) in [7, 11) is 0. The highest BCUT2D eigenvalue weighted by Crippen LogP contribution is 2.22. The monoisotopic (exact) mass is 221 g/mol. The van der Waals surface area contributed by atoms with Gasteiger partial charge in [-0.25, -0.2) is 0 Å². The van der Waals surface area contributed by atoms with Crippen molar-refractivity contribution in [1.82, 2.24) is 0 Å². The number of nitrogens with one attached hydrogen (secondary N) is 1. The summed E-state index contributed by atoms with van der Waals surface area (Å²) in [6.45, 7) is 1.15. The number of rotatable bonds is 4. The van der Waals surface area contributed by atoms with Crippen LogP contribution in [0.15, 0.2) is 30.4 Å². The zero-order valence-corrected chi connectivity index (χ0v) is 8.96. The van der Waals surface area contributed by atoms with E-state index >= 15 is 0 Å². The molecular weight excluding hydrogens is 210 g/mol. The molecule has 3 N–H and O–H groups in total. The molecule has 0 radical (unpaired) electrons. The lowest BCUT2D eigenvalue weighted by Gasteiger charge is -2.06. The van der Waals surface area contributed by atoms with Crippen molar-refractivity contribution in [3.8, 4) is 6.07 Å². The number of benzene rings is 1. The summed E-state index contributed by atoms with van der Waals surface area (Å²) < 4.78 is 0. The van der Waals surface area contributed by atoms with Crippen LogP contribution in [0.1, 0.15) is 5.56 Å². The largest absolute Gasteiger partial charge is 0.380 e. The first-order chi connectivity index (χ1) is 7.29. The third kappa shape index (κ3) is 3.28. The molecule has 0 aliphatic carbocycles. The van der Waals surface area contributed by atoms with E-state index in [1.54, 1.807) is 12.1 Å². The molecule has 0 saturated heterocycles. The van der Waals surface area contributed by atoms with Gasteiger partial charge < -0.3 is 11.1 Å². The average Bonchev–Trinajstić information content (AvgIpc) is 2.24. The third-order valence-corrected chi connectivity index (χ3v) is 2.15.